The minimum absolute atomic E-state index is 0.173. The number of aromatic nitrogens is 6. The van der Waals surface area contributed by atoms with Gasteiger partial charge in [0.1, 0.15) is 16.9 Å². The Morgan fingerprint density at radius 1 is 1.15 bits per heavy atom. The molecule has 2 aromatic carbocycles. The van der Waals surface area contributed by atoms with Crippen LogP contribution in [0.3, 0.4) is 0 Å². The number of halogens is 1. The Morgan fingerprint density at radius 2 is 1.94 bits per heavy atom. The summed E-state index contributed by atoms with van der Waals surface area (Å²) < 4.78 is 22.3. The number of thioether (sulfide) groups is 1. The number of esters is 1. The minimum Gasteiger partial charge on any atom is -0.463 e. The fourth-order valence-electron chi connectivity index (χ4n) is 3.58. The van der Waals surface area contributed by atoms with Gasteiger partial charge in [-0.15, -0.1) is 10.2 Å². The standard InChI is InChI=1S/C22H18FN7O2S2/c1-2-32-20(31)17-16(12-33-22-27-25-19(34-22)13-8-4-3-5-9-13)24-21-26-28-29-30(21)18(17)14-10-6-7-11-15(14)23/h3-11,18H,2,12H2,1H3,(H,24,26,29). The van der Waals surface area contributed by atoms with Gasteiger partial charge in [0.25, 0.3) is 0 Å². The maximum Gasteiger partial charge on any atom is 0.338 e. The van der Waals surface area contributed by atoms with Crippen LogP contribution >= 0.6 is 23.1 Å². The first-order valence-corrected chi connectivity index (χ1v) is 12.2. The van der Waals surface area contributed by atoms with Crippen LogP contribution in [0.15, 0.2) is 70.2 Å². The number of rotatable bonds is 7. The largest absolute Gasteiger partial charge is 0.463 e. The Labute approximate surface area is 202 Å². The summed E-state index contributed by atoms with van der Waals surface area (Å²) in [5.41, 5.74) is 2.01. The van der Waals surface area contributed by atoms with Crippen molar-refractivity contribution in [3.63, 3.8) is 0 Å². The van der Waals surface area contributed by atoms with Crippen molar-refractivity contribution in [3.05, 3.63) is 77.2 Å². The predicted octanol–water partition coefficient (Wildman–Crippen LogP) is 3.96. The van der Waals surface area contributed by atoms with Crippen molar-refractivity contribution in [1.29, 1.82) is 0 Å². The Morgan fingerprint density at radius 3 is 2.74 bits per heavy atom. The number of anilines is 1. The molecule has 0 aliphatic carbocycles. The van der Waals surface area contributed by atoms with E-state index in [2.05, 4.69) is 31.0 Å². The number of fused-ring (bicyclic) bond motifs is 1. The van der Waals surface area contributed by atoms with Gasteiger partial charge in [-0.2, -0.15) is 4.68 Å². The van der Waals surface area contributed by atoms with E-state index >= 15 is 0 Å². The number of hydrogen-bond acceptors (Lipinski definition) is 10. The number of nitrogens with one attached hydrogen (secondary N) is 1. The van der Waals surface area contributed by atoms with Gasteiger partial charge in [-0.25, -0.2) is 9.18 Å². The maximum atomic E-state index is 14.8. The summed E-state index contributed by atoms with van der Waals surface area (Å²) in [7, 11) is 0. The molecule has 0 spiro atoms. The monoisotopic (exact) mass is 495 g/mol. The number of carbonyl (C=O) groups is 1. The van der Waals surface area contributed by atoms with Crippen molar-refractivity contribution < 1.29 is 13.9 Å². The van der Waals surface area contributed by atoms with E-state index in [1.807, 2.05) is 30.3 Å². The van der Waals surface area contributed by atoms with Gasteiger partial charge in [-0.1, -0.05) is 76.7 Å². The lowest BCUT2D eigenvalue weighted by molar-refractivity contribution is -0.139. The SMILES string of the molecule is CCOC(=O)C1=C(CSc2nnc(-c3ccccc3)s2)Nc2nnnn2C1c1ccccc1F. The van der Waals surface area contributed by atoms with Crippen LogP contribution in [0.4, 0.5) is 10.3 Å². The van der Waals surface area contributed by atoms with Crippen molar-refractivity contribution in [2.24, 2.45) is 0 Å². The third-order valence-corrected chi connectivity index (χ3v) is 7.19. The van der Waals surface area contributed by atoms with Gasteiger partial charge in [0.2, 0.25) is 5.95 Å². The molecule has 0 amide bonds. The molecule has 0 saturated heterocycles. The average Bonchev–Trinajstić information content (AvgIpc) is 3.52. The lowest BCUT2D eigenvalue weighted by atomic mass is 9.95. The number of benzene rings is 2. The number of tetrazole rings is 1. The number of hydrogen-bond donors (Lipinski definition) is 1. The van der Waals surface area contributed by atoms with E-state index < -0.39 is 17.8 Å². The molecule has 4 aromatic rings. The molecule has 1 unspecified atom stereocenters. The molecule has 1 N–H and O–H groups in total. The van der Waals surface area contributed by atoms with Gasteiger partial charge in [0.05, 0.1) is 12.2 Å². The van der Waals surface area contributed by atoms with E-state index in [4.69, 9.17) is 4.74 Å². The molecule has 172 valence electrons. The summed E-state index contributed by atoms with van der Waals surface area (Å²) >= 11 is 2.86. The first-order chi connectivity index (χ1) is 16.7. The highest BCUT2D eigenvalue weighted by molar-refractivity contribution is 8.01. The minimum atomic E-state index is -0.878. The zero-order valence-corrected chi connectivity index (χ0v) is 19.5. The molecule has 0 radical (unpaired) electrons. The van der Waals surface area contributed by atoms with Crippen molar-refractivity contribution in [3.8, 4) is 10.6 Å². The molecule has 1 aliphatic rings. The number of carbonyl (C=O) groups excluding carboxylic acids is 1. The zero-order chi connectivity index (χ0) is 23.5. The van der Waals surface area contributed by atoms with Gasteiger partial charge < -0.3 is 10.1 Å². The molecular formula is C22H18FN7O2S2. The highest BCUT2D eigenvalue weighted by Gasteiger charge is 2.37. The fraction of sp³-hybridized carbons (Fsp3) is 0.182. The second-order valence-electron chi connectivity index (χ2n) is 7.14. The van der Waals surface area contributed by atoms with Crippen molar-refractivity contribution in [1.82, 2.24) is 30.4 Å². The van der Waals surface area contributed by atoms with Gasteiger partial charge in [-0.05, 0) is 23.4 Å². The zero-order valence-electron chi connectivity index (χ0n) is 17.9. The lowest BCUT2D eigenvalue weighted by Crippen LogP contribution is -2.31. The van der Waals surface area contributed by atoms with Crippen molar-refractivity contribution in [2.75, 3.05) is 17.7 Å². The van der Waals surface area contributed by atoms with Crippen LogP contribution in [0, 0.1) is 5.82 Å². The van der Waals surface area contributed by atoms with Crippen LogP contribution in [-0.2, 0) is 9.53 Å². The highest BCUT2D eigenvalue weighted by Crippen LogP contribution is 2.38. The smallest absolute Gasteiger partial charge is 0.338 e. The Hall–Kier alpha value is -3.64. The summed E-state index contributed by atoms with van der Waals surface area (Å²) in [4.78, 5) is 13.1. The first-order valence-electron chi connectivity index (χ1n) is 10.4. The summed E-state index contributed by atoms with van der Waals surface area (Å²) in [5, 5.41) is 24.2. The molecule has 1 atom stereocenters. The number of ether oxygens (including phenoxy) is 1. The van der Waals surface area contributed by atoms with Crippen LogP contribution in [0.5, 0.6) is 0 Å². The van der Waals surface area contributed by atoms with Crippen LogP contribution in [0.25, 0.3) is 10.6 Å². The maximum absolute atomic E-state index is 14.8. The van der Waals surface area contributed by atoms with Crippen LogP contribution in [0.1, 0.15) is 18.5 Å². The lowest BCUT2D eigenvalue weighted by Gasteiger charge is -2.28. The van der Waals surface area contributed by atoms with Crippen LogP contribution < -0.4 is 5.32 Å². The van der Waals surface area contributed by atoms with E-state index in [1.165, 1.54) is 33.8 Å². The molecule has 0 saturated carbocycles. The molecule has 9 nitrogen and oxygen atoms in total. The molecule has 2 aromatic heterocycles. The average molecular weight is 496 g/mol. The van der Waals surface area contributed by atoms with Crippen molar-refractivity contribution in [2.45, 2.75) is 17.3 Å². The normalized spacial score (nSPS) is 15.1. The van der Waals surface area contributed by atoms with E-state index in [1.54, 1.807) is 25.1 Å². The topological polar surface area (TPSA) is 108 Å². The summed E-state index contributed by atoms with van der Waals surface area (Å²) in [6, 6.07) is 15.1. The van der Waals surface area contributed by atoms with Crippen LogP contribution in [-0.4, -0.2) is 48.7 Å². The van der Waals surface area contributed by atoms with E-state index in [-0.39, 0.29) is 17.7 Å². The predicted molar refractivity (Wildman–Crippen MR) is 126 cm³/mol. The first kappa shape index (κ1) is 22.2. The molecule has 12 heteroatoms. The summed E-state index contributed by atoms with van der Waals surface area (Å²) in [5.74, 6) is -0.405. The van der Waals surface area contributed by atoms with Gasteiger partial charge in [0.15, 0.2) is 4.34 Å². The third-order valence-electron chi connectivity index (χ3n) is 5.06. The third kappa shape index (κ3) is 4.29. The second kappa shape index (κ2) is 9.69. The molecule has 34 heavy (non-hydrogen) atoms. The second-order valence-corrected chi connectivity index (χ2v) is 9.34. The molecule has 5 rings (SSSR count). The Bertz CT molecular complexity index is 1360. The highest BCUT2D eigenvalue weighted by atomic mass is 32.2. The van der Waals surface area contributed by atoms with Gasteiger partial charge in [-0.3, -0.25) is 0 Å². The van der Waals surface area contributed by atoms with E-state index in [0.717, 1.165) is 14.9 Å². The quantitative estimate of drug-likeness (QED) is 0.301. The summed E-state index contributed by atoms with van der Waals surface area (Å²) in [6.07, 6.45) is 0. The summed E-state index contributed by atoms with van der Waals surface area (Å²) in [6.45, 7) is 1.89. The molecule has 3 heterocycles. The number of nitrogens with zero attached hydrogens (tertiary/aromatic N) is 6. The van der Waals surface area contributed by atoms with Crippen molar-refractivity contribution >= 4 is 35.0 Å². The van der Waals surface area contributed by atoms with Crippen LogP contribution in [0.2, 0.25) is 0 Å². The van der Waals surface area contributed by atoms with E-state index in [9.17, 15) is 9.18 Å². The molecular weight excluding hydrogens is 477 g/mol. The van der Waals surface area contributed by atoms with Gasteiger partial charge >= 0.3 is 5.97 Å². The molecule has 0 fully saturated rings. The Balaban J connectivity index is 1.50. The fourth-order valence-corrected chi connectivity index (χ4v) is 5.41. The Kier molecular flexibility index (Phi) is 6.32. The van der Waals surface area contributed by atoms with Gasteiger partial charge in [0, 0.05) is 22.6 Å². The molecule has 0 bridgehead atoms. The molecule has 1 aliphatic heterocycles. The van der Waals surface area contributed by atoms with E-state index in [0.29, 0.717) is 17.4 Å².